The number of aromatic nitrogens is 3. The first-order chi connectivity index (χ1) is 14.2. The molecule has 1 aromatic heterocycles. The van der Waals surface area contributed by atoms with Crippen molar-refractivity contribution in [1.82, 2.24) is 14.8 Å². The highest BCUT2D eigenvalue weighted by Gasteiger charge is 2.10. The third-order valence-corrected chi connectivity index (χ3v) is 4.83. The Hall–Kier alpha value is -3.69. The summed E-state index contributed by atoms with van der Waals surface area (Å²) in [4.78, 5) is 0. The van der Waals surface area contributed by atoms with Gasteiger partial charge in [0.2, 0.25) is 0 Å². The maximum atomic E-state index is 8.88. The number of nitrogens with one attached hydrogen (secondary N) is 1. The van der Waals surface area contributed by atoms with Gasteiger partial charge in [-0.25, -0.2) is 0 Å². The first kappa shape index (κ1) is 18.7. The summed E-state index contributed by atoms with van der Waals surface area (Å²) < 4.78 is 8.43. The second-order valence-corrected chi connectivity index (χ2v) is 6.94. The molecule has 0 aliphatic heterocycles. The van der Waals surface area contributed by atoms with E-state index >= 15 is 0 Å². The minimum atomic E-state index is 0.420. The molecule has 0 aliphatic carbocycles. The molecule has 0 radical (unpaired) electrons. The molecule has 5 nitrogen and oxygen atoms in total. The van der Waals surface area contributed by atoms with Crippen LogP contribution in [0.25, 0.3) is 11.4 Å². The van der Waals surface area contributed by atoms with Crippen molar-refractivity contribution in [3.63, 3.8) is 0 Å². The van der Waals surface area contributed by atoms with Gasteiger partial charge < -0.3 is 4.74 Å². The van der Waals surface area contributed by atoms with Gasteiger partial charge in [0.1, 0.15) is 12.4 Å². The third kappa shape index (κ3) is 4.42. The first-order valence-electron chi connectivity index (χ1n) is 9.14. The number of rotatable bonds is 6. The molecule has 0 saturated carbocycles. The summed E-state index contributed by atoms with van der Waals surface area (Å²) in [7, 11) is 0. The van der Waals surface area contributed by atoms with Crippen molar-refractivity contribution < 1.29 is 4.74 Å². The van der Waals surface area contributed by atoms with Crippen molar-refractivity contribution in [2.75, 3.05) is 0 Å². The van der Waals surface area contributed by atoms with E-state index < -0.39 is 0 Å². The van der Waals surface area contributed by atoms with Gasteiger partial charge in [0, 0.05) is 5.56 Å². The van der Waals surface area contributed by atoms with Crippen molar-refractivity contribution in [3.05, 3.63) is 100 Å². The number of hydrogen-bond donors (Lipinski definition) is 1. The molecule has 1 N–H and O–H groups in total. The average molecular weight is 398 g/mol. The van der Waals surface area contributed by atoms with Crippen LogP contribution < -0.4 is 4.74 Å². The Kier molecular flexibility index (Phi) is 5.50. The molecule has 0 aliphatic rings. The smallest absolute Gasteiger partial charge is 0.195 e. The summed E-state index contributed by atoms with van der Waals surface area (Å²) in [5.74, 6) is 1.51. The van der Waals surface area contributed by atoms with Gasteiger partial charge in [-0.15, -0.1) is 0 Å². The van der Waals surface area contributed by atoms with Gasteiger partial charge in [-0.1, -0.05) is 48.5 Å². The van der Waals surface area contributed by atoms with Crippen molar-refractivity contribution in [2.45, 2.75) is 13.2 Å². The van der Waals surface area contributed by atoms with Crippen LogP contribution in [0.1, 0.15) is 16.7 Å². The summed E-state index contributed by atoms with van der Waals surface area (Å²) in [5, 5.41) is 16.2. The van der Waals surface area contributed by atoms with Crippen LogP contribution in [-0.2, 0) is 13.2 Å². The van der Waals surface area contributed by atoms with Crippen molar-refractivity contribution in [2.24, 2.45) is 0 Å². The molecule has 0 bridgehead atoms. The molecule has 0 saturated heterocycles. The van der Waals surface area contributed by atoms with Crippen molar-refractivity contribution >= 4 is 12.2 Å². The van der Waals surface area contributed by atoms with Gasteiger partial charge in [-0.05, 0) is 53.7 Å². The lowest BCUT2D eigenvalue weighted by molar-refractivity contribution is 0.306. The van der Waals surface area contributed by atoms with E-state index in [0.717, 1.165) is 28.3 Å². The predicted octanol–water partition coefficient (Wildman–Crippen LogP) is 5.11. The number of H-pyrrole nitrogens is 1. The lowest BCUT2D eigenvalue weighted by Crippen LogP contribution is -2.03. The largest absolute Gasteiger partial charge is 0.489 e. The minimum absolute atomic E-state index is 0.420. The molecule has 1 heterocycles. The number of nitriles is 1. The zero-order valence-corrected chi connectivity index (χ0v) is 16.4. The fourth-order valence-corrected chi connectivity index (χ4v) is 3.24. The van der Waals surface area contributed by atoms with Gasteiger partial charge in [-0.3, -0.25) is 9.67 Å². The Bertz CT molecular complexity index is 1200. The van der Waals surface area contributed by atoms with Crippen LogP contribution in [0, 0.1) is 16.1 Å². The summed E-state index contributed by atoms with van der Waals surface area (Å²) in [6.07, 6.45) is 0. The fraction of sp³-hybridized carbons (Fsp3) is 0.0870. The Morgan fingerprint density at radius 1 is 0.966 bits per heavy atom. The van der Waals surface area contributed by atoms with E-state index in [2.05, 4.69) is 34.5 Å². The quantitative estimate of drug-likeness (QED) is 0.459. The summed E-state index contributed by atoms with van der Waals surface area (Å²) >= 11 is 5.44. The van der Waals surface area contributed by atoms with E-state index in [1.54, 1.807) is 24.3 Å². The predicted molar refractivity (Wildman–Crippen MR) is 114 cm³/mol. The number of aromatic amines is 1. The van der Waals surface area contributed by atoms with Crippen LogP contribution in [0.5, 0.6) is 5.75 Å². The molecule has 0 unspecified atom stereocenters. The van der Waals surface area contributed by atoms with Crippen LogP contribution in [0.3, 0.4) is 0 Å². The molecule has 0 amide bonds. The highest BCUT2D eigenvalue weighted by Crippen LogP contribution is 2.21. The standard InChI is InChI=1S/C23H18N4OS/c24-14-17-9-11-21(12-10-17)28-16-19-7-4-8-20(13-19)22-25-26-23(29)27(22)15-18-5-2-1-3-6-18/h1-13H,15-16H2,(H,26,29). The molecular formula is C23H18N4OS. The topological polar surface area (TPSA) is 66.6 Å². The fourth-order valence-electron chi connectivity index (χ4n) is 3.04. The van der Waals surface area contributed by atoms with E-state index in [0.29, 0.717) is 23.5 Å². The Morgan fingerprint density at radius 3 is 2.48 bits per heavy atom. The first-order valence-corrected chi connectivity index (χ1v) is 9.55. The van der Waals surface area contributed by atoms with Crippen LogP contribution >= 0.6 is 12.2 Å². The summed E-state index contributed by atoms with van der Waals surface area (Å²) in [6, 6.07) is 27.4. The van der Waals surface area contributed by atoms with E-state index in [1.165, 1.54) is 0 Å². The van der Waals surface area contributed by atoms with Gasteiger partial charge in [0.15, 0.2) is 10.6 Å². The highest BCUT2D eigenvalue weighted by atomic mass is 32.1. The van der Waals surface area contributed by atoms with Gasteiger partial charge in [-0.2, -0.15) is 10.4 Å². The second kappa shape index (κ2) is 8.55. The molecule has 0 spiro atoms. The molecule has 0 atom stereocenters. The number of benzene rings is 3. The number of hydrogen-bond acceptors (Lipinski definition) is 4. The maximum absolute atomic E-state index is 8.88. The van der Waals surface area contributed by atoms with Crippen LogP contribution in [-0.4, -0.2) is 14.8 Å². The van der Waals surface area contributed by atoms with Crippen molar-refractivity contribution in [1.29, 1.82) is 5.26 Å². The van der Waals surface area contributed by atoms with Crippen LogP contribution in [0.2, 0.25) is 0 Å². The van der Waals surface area contributed by atoms with E-state index in [1.807, 2.05) is 41.0 Å². The van der Waals surface area contributed by atoms with Gasteiger partial charge >= 0.3 is 0 Å². The third-order valence-electron chi connectivity index (χ3n) is 4.52. The molecule has 6 heteroatoms. The Morgan fingerprint density at radius 2 is 1.72 bits per heavy atom. The van der Waals surface area contributed by atoms with Gasteiger partial charge in [0.05, 0.1) is 18.2 Å². The molecule has 0 fully saturated rings. The minimum Gasteiger partial charge on any atom is -0.489 e. The lowest BCUT2D eigenvalue weighted by Gasteiger charge is -2.10. The normalized spacial score (nSPS) is 10.4. The molecule has 4 rings (SSSR count). The van der Waals surface area contributed by atoms with E-state index in [4.69, 9.17) is 22.2 Å². The molecule has 29 heavy (non-hydrogen) atoms. The van der Waals surface area contributed by atoms with Gasteiger partial charge in [0.25, 0.3) is 0 Å². The van der Waals surface area contributed by atoms with Crippen LogP contribution in [0.15, 0.2) is 78.9 Å². The number of ether oxygens (including phenoxy) is 1. The second-order valence-electron chi connectivity index (χ2n) is 6.55. The molecule has 142 valence electrons. The van der Waals surface area contributed by atoms with Crippen molar-refractivity contribution in [3.8, 4) is 23.2 Å². The Balaban J connectivity index is 1.54. The lowest BCUT2D eigenvalue weighted by atomic mass is 10.1. The molecular weight excluding hydrogens is 380 g/mol. The molecule has 3 aromatic carbocycles. The zero-order chi connectivity index (χ0) is 20.1. The van der Waals surface area contributed by atoms with E-state index in [9.17, 15) is 0 Å². The maximum Gasteiger partial charge on any atom is 0.195 e. The SMILES string of the molecule is N#Cc1ccc(OCc2cccc(-c3n[nH]c(=S)n3Cc3ccccc3)c2)cc1. The highest BCUT2D eigenvalue weighted by molar-refractivity contribution is 7.71. The van der Waals surface area contributed by atoms with Crippen LogP contribution in [0.4, 0.5) is 0 Å². The van der Waals surface area contributed by atoms with E-state index in [-0.39, 0.29) is 0 Å². The molecule has 4 aromatic rings. The number of nitrogens with zero attached hydrogens (tertiary/aromatic N) is 3. The summed E-state index contributed by atoms with van der Waals surface area (Å²) in [5.41, 5.74) is 3.76. The zero-order valence-electron chi connectivity index (χ0n) is 15.6. The monoisotopic (exact) mass is 398 g/mol. The Labute approximate surface area is 173 Å². The average Bonchev–Trinajstić information content (AvgIpc) is 3.14. The summed E-state index contributed by atoms with van der Waals surface area (Å²) in [6.45, 7) is 1.07.